The maximum absolute atomic E-state index is 2.57. The Morgan fingerprint density at radius 1 is 1.25 bits per heavy atom. The Bertz CT molecular complexity index is 247. The number of hydrogen-bond acceptors (Lipinski definition) is 1. The predicted octanol–water partition coefficient (Wildman–Crippen LogP) is 1.64. The van der Waals surface area contributed by atoms with E-state index in [0.29, 0.717) is 0 Å². The Kier molecular flexibility index (Phi) is 2.71. The Balaban J connectivity index is 2.19. The SMILES string of the molecule is [SnH][N]1CCCC1c1ccccc1. The molecule has 1 fully saturated rings. The van der Waals surface area contributed by atoms with E-state index in [4.69, 9.17) is 0 Å². The Morgan fingerprint density at radius 2 is 2.00 bits per heavy atom. The molecule has 0 aromatic heterocycles. The Hall–Kier alpha value is -0.0213. The van der Waals surface area contributed by atoms with E-state index in [9.17, 15) is 0 Å². The molecule has 2 radical (unpaired) electrons. The van der Waals surface area contributed by atoms with Crippen LogP contribution in [0.1, 0.15) is 24.4 Å². The van der Waals surface area contributed by atoms with Crippen molar-refractivity contribution in [1.29, 1.82) is 0 Å². The fourth-order valence-corrected chi connectivity index (χ4v) is 3.26. The summed E-state index contributed by atoms with van der Waals surface area (Å²) in [5.74, 6) is 0. The van der Waals surface area contributed by atoms with Gasteiger partial charge in [0.05, 0.1) is 0 Å². The van der Waals surface area contributed by atoms with Gasteiger partial charge in [0.15, 0.2) is 0 Å². The zero-order chi connectivity index (χ0) is 8.39. The molecule has 1 atom stereocenters. The van der Waals surface area contributed by atoms with Gasteiger partial charge in [-0.25, -0.2) is 0 Å². The third kappa shape index (κ3) is 1.67. The molecular formula is C10H13NSn. The van der Waals surface area contributed by atoms with Crippen LogP contribution in [-0.2, 0) is 0 Å². The van der Waals surface area contributed by atoms with Crippen molar-refractivity contribution in [1.82, 2.24) is 3.12 Å². The van der Waals surface area contributed by atoms with Crippen LogP contribution < -0.4 is 0 Å². The predicted molar refractivity (Wildman–Crippen MR) is 52.3 cm³/mol. The van der Waals surface area contributed by atoms with Gasteiger partial charge in [-0.1, -0.05) is 0 Å². The van der Waals surface area contributed by atoms with Gasteiger partial charge >= 0.3 is 87.2 Å². The molecule has 1 saturated heterocycles. The average Bonchev–Trinajstić information content (AvgIpc) is 2.53. The van der Waals surface area contributed by atoms with Crippen LogP contribution in [-0.4, -0.2) is 32.5 Å². The molecule has 2 heteroatoms. The number of rotatable bonds is 1. The Morgan fingerprint density at radius 3 is 2.58 bits per heavy atom. The van der Waals surface area contributed by atoms with Crippen LogP contribution in [0.15, 0.2) is 30.3 Å². The van der Waals surface area contributed by atoms with Crippen molar-refractivity contribution in [2.75, 3.05) is 6.54 Å². The van der Waals surface area contributed by atoms with Crippen molar-refractivity contribution in [3.63, 3.8) is 0 Å². The topological polar surface area (TPSA) is 3.24 Å². The summed E-state index contributed by atoms with van der Waals surface area (Å²) in [6.07, 6.45) is 2.73. The van der Waals surface area contributed by atoms with Gasteiger partial charge in [-0.3, -0.25) is 0 Å². The molecule has 12 heavy (non-hydrogen) atoms. The maximum atomic E-state index is 2.57. The molecule has 62 valence electrons. The van der Waals surface area contributed by atoms with E-state index in [1.54, 1.807) is 0 Å². The van der Waals surface area contributed by atoms with Crippen LogP contribution in [0.4, 0.5) is 0 Å². The minimum atomic E-state index is 0.730. The van der Waals surface area contributed by atoms with Crippen molar-refractivity contribution >= 4 is 22.8 Å². The van der Waals surface area contributed by atoms with Gasteiger partial charge in [0.2, 0.25) is 0 Å². The molecule has 1 heterocycles. The summed E-state index contributed by atoms with van der Waals surface area (Å²) in [5.41, 5.74) is 1.50. The fraction of sp³-hybridized carbons (Fsp3) is 0.400. The molecule has 0 amide bonds. The molecule has 0 N–H and O–H groups in total. The van der Waals surface area contributed by atoms with Crippen LogP contribution in [0.2, 0.25) is 0 Å². The van der Waals surface area contributed by atoms with Crippen LogP contribution >= 0.6 is 0 Å². The molecule has 1 nitrogen and oxygen atoms in total. The van der Waals surface area contributed by atoms with Crippen LogP contribution in [0.25, 0.3) is 0 Å². The van der Waals surface area contributed by atoms with E-state index in [2.05, 4.69) is 33.5 Å². The molecule has 0 aliphatic carbocycles. The van der Waals surface area contributed by atoms with Crippen molar-refractivity contribution in [3.05, 3.63) is 35.9 Å². The van der Waals surface area contributed by atoms with Gasteiger partial charge in [-0.2, -0.15) is 0 Å². The molecule has 0 bridgehead atoms. The van der Waals surface area contributed by atoms with Gasteiger partial charge in [0.25, 0.3) is 0 Å². The van der Waals surface area contributed by atoms with E-state index < -0.39 is 0 Å². The summed E-state index contributed by atoms with van der Waals surface area (Å²) >= 11 is 1.27. The van der Waals surface area contributed by atoms with E-state index in [0.717, 1.165) is 6.04 Å². The zero-order valence-corrected chi connectivity index (χ0v) is 10.4. The second-order valence-corrected chi connectivity index (χ2v) is 5.20. The monoisotopic (exact) mass is 267 g/mol. The molecule has 0 spiro atoms. The normalized spacial score (nSPS) is 24.6. The quantitative estimate of drug-likeness (QED) is 0.698. The van der Waals surface area contributed by atoms with Gasteiger partial charge in [-0.05, 0) is 0 Å². The second-order valence-electron chi connectivity index (χ2n) is 3.31. The molecule has 2 rings (SSSR count). The molecule has 0 saturated carbocycles. The Labute approximate surface area is 87.2 Å². The average molecular weight is 266 g/mol. The van der Waals surface area contributed by atoms with Gasteiger partial charge in [0, 0.05) is 0 Å². The first-order valence-corrected chi connectivity index (χ1v) is 5.91. The first kappa shape index (κ1) is 8.57. The van der Waals surface area contributed by atoms with Crippen molar-refractivity contribution in [3.8, 4) is 0 Å². The van der Waals surface area contributed by atoms with Gasteiger partial charge in [0.1, 0.15) is 0 Å². The number of benzene rings is 1. The minimum absolute atomic E-state index is 0.730. The van der Waals surface area contributed by atoms with Crippen LogP contribution in [0, 0.1) is 0 Å². The molecular weight excluding hydrogens is 253 g/mol. The van der Waals surface area contributed by atoms with Crippen molar-refractivity contribution < 1.29 is 0 Å². The zero-order valence-electron chi connectivity index (χ0n) is 7.11. The molecule has 1 aromatic rings. The first-order valence-electron chi connectivity index (χ1n) is 4.44. The summed E-state index contributed by atoms with van der Waals surface area (Å²) in [6.45, 7) is 1.31. The van der Waals surface area contributed by atoms with E-state index in [1.807, 2.05) is 0 Å². The molecule has 1 unspecified atom stereocenters. The third-order valence-corrected chi connectivity index (χ3v) is 4.24. The van der Waals surface area contributed by atoms with Gasteiger partial charge in [-0.15, -0.1) is 0 Å². The summed E-state index contributed by atoms with van der Waals surface area (Å²) in [4.78, 5) is 0. The van der Waals surface area contributed by atoms with Gasteiger partial charge < -0.3 is 0 Å². The fourth-order valence-electron chi connectivity index (χ4n) is 1.82. The summed E-state index contributed by atoms with van der Waals surface area (Å²) in [7, 11) is 0. The van der Waals surface area contributed by atoms with E-state index >= 15 is 0 Å². The van der Waals surface area contributed by atoms with Crippen molar-refractivity contribution in [2.45, 2.75) is 18.9 Å². The van der Waals surface area contributed by atoms with Crippen LogP contribution in [0.3, 0.4) is 0 Å². The summed E-state index contributed by atoms with van der Waals surface area (Å²) in [5, 5.41) is 0. The summed E-state index contributed by atoms with van der Waals surface area (Å²) in [6, 6.07) is 11.6. The first-order chi connectivity index (χ1) is 5.88. The molecule has 1 aromatic carbocycles. The van der Waals surface area contributed by atoms with Crippen LogP contribution in [0.5, 0.6) is 0 Å². The van der Waals surface area contributed by atoms with E-state index in [-0.39, 0.29) is 0 Å². The standard InChI is InChI=1S/C10H12N.Sn.H/c1-2-5-9(6-3-1)10-7-4-8-11-10;;/h1-3,5-6,10H,4,7-8H2;;/q-1;+1;. The summed E-state index contributed by atoms with van der Waals surface area (Å²) < 4.78 is 2.57. The second kappa shape index (κ2) is 3.79. The van der Waals surface area contributed by atoms with E-state index in [1.165, 1.54) is 47.7 Å². The number of nitrogens with zero attached hydrogens (tertiary/aromatic N) is 1. The third-order valence-electron chi connectivity index (χ3n) is 2.48. The van der Waals surface area contributed by atoms with Crippen molar-refractivity contribution in [2.24, 2.45) is 0 Å². The number of hydrogen-bond donors (Lipinski definition) is 0. The molecule has 1 aliphatic rings. The molecule has 1 aliphatic heterocycles.